The second-order valence-electron chi connectivity index (χ2n) is 12.7. The summed E-state index contributed by atoms with van der Waals surface area (Å²) in [5.74, 6) is 2.35. The molecule has 0 amide bonds. The van der Waals surface area contributed by atoms with E-state index in [0.717, 1.165) is 51.4 Å². The largest absolute Gasteiger partial charge is 0.393 e. The van der Waals surface area contributed by atoms with Crippen LogP contribution in [0.1, 0.15) is 93.4 Å². The van der Waals surface area contributed by atoms with Crippen molar-refractivity contribution >= 4 is 0 Å². The molecule has 0 spiro atoms. The van der Waals surface area contributed by atoms with Gasteiger partial charge in [0.2, 0.25) is 0 Å². The molecule has 4 heteroatoms. The van der Waals surface area contributed by atoms with Gasteiger partial charge in [0.1, 0.15) is 0 Å². The Morgan fingerprint density at radius 1 is 0.969 bits per heavy atom. The topological polar surface area (TPSA) is 60.7 Å². The molecule has 0 aromatic carbocycles. The Bertz CT molecular complexity index is 642. The van der Waals surface area contributed by atoms with E-state index >= 15 is 0 Å². The van der Waals surface area contributed by atoms with Crippen molar-refractivity contribution in [3.05, 3.63) is 0 Å². The second kappa shape index (κ2) is 9.46. The molecule has 0 aliphatic heterocycles. The number of aliphatic hydroxyl groups excluding tert-OH is 3. The van der Waals surface area contributed by atoms with Crippen molar-refractivity contribution in [3.8, 4) is 0 Å². The molecule has 32 heavy (non-hydrogen) atoms. The first-order valence-electron chi connectivity index (χ1n) is 13.2. The van der Waals surface area contributed by atoms with Crippen LogP contribution in [0.3, 0.4) is 0 Å². The normalized spacial score (nSPS) is 52.2. The van der Waals surface area contributed by atoms with Crippen molar-refractivity contribution < 1.29 is 19.7 Å². The van der Waals surface area contributed by atoms with Crippen LogP contribution in [-0.4, -0.2) is 40.3 Å². The molecule has 4 aliphatic rings. The minimum absolute atomic E-state index is 0. The molecular formula is C28H51FO3. The van der Waals surface area contributed by atoms with Crippen molar-refractivity contribution in [2.24, 2.45) is 58.2 Å². The molecule has 0 radical (unpaired) electrons. The van der Waals surface area contributed by atoms with Gasteiger partial charge in [-0.05, 0) is 103 Å². The number of fused-ring (bicyclic) bond motifs is 5. The van der Waals surface area contributed by atoms with E-state index in [0.29, 0.717) is 29.6 Å². The van der Waals surface area contributed by atoms with Crippen LogP contribution in [0.5, 0.6) is 0 Å². The molecule has 0 saturated heterocycles. The second-order valence-corrected chi connectivity index (χ2v) is 12.7. The zero-order valence-electron chi connectivity index (χ0n) is 20.4. The predicted octanol–water partition coefficient (Wildman–Crippen LogP) is 5.85. The van der Waals surface area contributed by atoms with Crippen LogP contribution in [0.4, 0.5) is 4.39 Å². The van der Waals surface area contributed by atoms with Gasteiger partial charge in [-0.25, -0.2) is 0 Å². The molecule has 0 bridgehead atoms. The van der Waals surface area contributed by atoms with Crippen molar-refractivity contribution in [2.45, 2.75) is 112 Å². The Balaban J connectivity index is 0.00000289. The van der Waals surface area contributed by atoms with Gasteiger partial charge < -0.3 is 15.3 Å². The van der Waals surface area contributed by atoms with Crippen LogP contribution >= 0.6 is 0 Å². The predicted molar refractivity (Wildman–Crippen MR) is 129 cm³/mol. The van der Waals surface area contributed by atoms with Gasteiger partial charge in [-0.3, -0.25) is 4.39 Å². The summed E-state index contributed by atoms with van der Waals surface area (Å²) in [6, 6.07) is 0. The number of rotatable bonds is 5. The number of halogens is 1. The molecule has 188 valence electrons. The monoisotopic (exact) mass is 454 g/mol. The fraction of sp³-hybridized carbons (Fsp3) is 1.00. The van der Waals surface area contributed by atoms with Gasteiger partial charge in [0.05, 0.1) is 25.0 Å². The van der Waals surface area contributed by atoms with Crippen LogP contribution in [0, 0.1) is 58.2 Å². The fourth-order valence-corrected chi connectivity index (χ4v) is 9.75. The van der Waals surface area contributed by atoms with Crippen LogP contribution in [0.2, 0.25) is 0 Å². The molecule has 0 aromatic rings. The minimum Gasteiger partial charge on any atom is -0.393 e. The van der Waals surface area contributed by atoms with E-state index in [1.54, 1.807) is 0 Å². The van der Waals surface area contributed by atoms with Crippen molar-refractivity contribution in [1.82, 2.24) is 0 Å². The van der Waals surface area contributed by atoms with Gasteiger partial charge >= 0.3 is 0 Å². The lowest BCUT2D eigenvalue weighted by atomic mass is 9.41. The highest BCUT2D eigenvalue weighted by Crippen LogP contribution is 2.69. The van der Waals surface area contributed by atoms with E-state index in [2.05, 4.69) is 27.7 Å². The quantitative estimate of drug-likeness (QED) is 0.488. The van der Waals surface area contributed by atoms with Crippen LogP contribution in [0.15, 0.2) is 0 Å². The molecule has 4 aliphatic carbocycles. The number of hydrogen-bond acceptors (Lipinski definition) is 3. The average Bonchev–Trinajstić information content (AvgIpc) is 3.09. The lowest BCUT2D eigenvalue weighted by molar-refractivity contribution is -0.228. The summed E-state index contributed by atoms with van der Waals surface area (Å²) in [7, 11) is 0. The molecule has 3 N–H and O–H groups in total. The van der Waals surface area contributed by atoms with E-state index in [1.165, 1.54) is 0 Å². The van der Waals surface area contributed by atoms with E-state index in [-0.39, 0.29) is 61.0 Å². The third kappa shape index (κ3) is 3.79. The Morgan fingerprint density at radius 3 is 2.28 bits per heavy atom. The summed E-state index contributed by atoms with van der Waals surface area (Å²) in [5, 5.41) is 33.8. The van der Waals surface area contributed by atoms with Gasteiger partial charge in [0.15, 0.2) is 0 Å². The summed E-state index contributed by atoms with van der Waals surface area (Å²) in [6.45, 7) is 10.9. The van der Waals surface area contributed by atoms with Crippen molar-refractivity contribution in [2.75, 3.05) is 6.67 Å². The maximum absolute atomic E-state index is 13.2. The Hall–Kier alpha value is -0.190. The molecule has 4 saturated carbocycles. The summed E-state index contributed by atoms with van der Waals surface area (Å²) in [6.07, 6.45) is 6.48. The molecule has 13 atom stereocenters. The third-order valence-corrected chi connectivity index (χ3v) is 11.3. The molecule has 3 nitrogen and oxygen atoms in total. The zero-order valence-corrected chi connectivity index (χ0v) is 20.4. The highest BCUT2D eigenvalue weighted by atomic mass is 19.1. The van der Waals surface area contributed by atoms with E-state index in [4.69, 9.17) is 0 Å². The molecule has 0 heterocycles. The van der Waals surface area contributed by atoms with Gasteiger partial charge in [0.25, 0.3) is 0 Å². The van der Waals surface area contributed by atoms with E-state index < -0.39 is 0 Å². The van der Waals surface area contributed by atoms with E-state index in [9.17, 15) is 19.7 Å². The minimum atomic E-state index is -0.357. The summed E-state index contributed by atoms with van der Waals surface area (Å²) < 4.78 is 13.2. The Kier molecular flexibility index (Phi) is 7.81. The van der Waals surface area contributed by atoms with E-state index in [1.807, 2.05) is 6.92 Å². The maximum Gasteiger partial charge on any atom is 0.0920 e. The summed E-state index contributed by atoms with van der Waals surface area (Å²) >= 11 is 0. The van der Waals surface area contributed by atoms with Gasteiger partial charge in [-0.2, -0.15) is 0 Å². The van der Waals surface area contributed by atoms with Gasteiger partial charge in [0, 0.05) is 0 Å². The number of hydrogen-bond donors (Lipinski definition) is 3. The Morgan fingerprint density at radius 2 is 1.66 bits per heavy atom. The third-order valence-electron chi connectivity index (χ3n) is 11.3. The lowest BCUT2D eigenvalue weighted by Crippen LogP contribution is -2.65. The SMILES string of the molecule is C.CC[C@H]1[C@@H](O)[C@@H]2C(C[C@H](O)[C@]3(C)[C@@H]([C@H](C)C[C@@H](C)CF)CC[C@@H]23)[C@@]2(C)CC[C@@H](O)C[C@@H]12. The van der Waals surface area contributed by atoms with Crippen LogP contribution in [-0.2, 0) is 0 Å². The highest BCUT2D eigenvalue weighted by molar-refractivity contribution is 5.15. The van der Waals surface area contributed by atoms with Crippen LogP contribution < -0.4 is 0 Å². The standard InChI is InChI=1S/C27H47FO3.CH4/c1-6-18-21-12-17(29)9-10-26(21,4)22-13-23(30)27(5)19(16(3)11-15(2)14-28)7-8-20(27)24(22)25(18)31;/h15-25,29-31H,6-14H2,1-5H3;1H4/t15-,16-,17-,18-,19-,20+,21+,22?,23+,24+,25-,26+,27-;/m1./s1. The lowest BCUT2D eigenvalue weighted by Gasteiger charge is -2.65. The Labute approximate surface area is 196 Å². The summed E-state index contributed by atoms with van der Waals surface area (Å²) in [5.41, 5.74) is -0.0914. The average molecular weight is 455 g/mol. The first-order chi connectivity index (χ1) is 14.6. The van der Waals surface area contributed by atoms with Gasteiger partial charge in [-0.15, -0.1) is 0 Å². The van der Waals surface area contributed by atoms with Crippen LogP contribution in [0.25, 0.3) is 0 Å². The summed E-state index contributed by atoms with van der Waals surface area (Å²) in [4.78, 5) is 0. The molecule has 4 rings (SSSR count). The first kappa shape index (κ1) is 26.4. The molecular weight excluding hydrogens is 403 g/mol. The van der Waals surface area contributed by atoms with Crippen molar-refractivity contribution in [1.29, 1.82) is 0 Å². The zero-order chi connectivity index (χ0) is 22.7. The first-order valence-corrected chi connectivity index (χ1v) is 13.2. The number of aliphatic hydroxyl groups is 3. The smallest absolute Gasteiger partial charge is 0.0920 e. The fourth-order valence-electron chi connectivity index (χ4n) is 9.75. The highest BCUT2D eigenvalue weighted by Gasteiger charge is 2.67. The number of alkyl halides is 1. The molecule has 1 unspecified atom stereocenters. The molecule has 4 fully saturated rings. The molecule has 0 aromatic heterocycles. The maximum atomic E-state index is 13.2. The van der Waals surface area contributed by atoms with Gasteiger partial charge in [-0.1, -0.05) is 48.5 Å². The van der Waals surface area contributed by atoms with Crippen molar-refractivity contribution in [3.63, 3.8) is 0 Å².